The van der Waals surface area contributed by atoms with E-state index in [1.165, 1.54) is 0 Å². The molecule has 1 amide bonds. The molecule has 2 rings (SSSR count). The van der Waals surface area contributed by atoms with E-state index in [9.17, 15) is 13.2 Å². The Kier molecular flexibility index (Phi) is 6.87. The van der Waals surface area contributed by atoms with Gasteiger partial charge in [0.2, 0.25) is 15.9 Å². The Labute approximate surface area is 167 Å². The van der Waals surface area contributed by atoms with E-state index in [0.29, 0.717) is 23.7 Å². The number of rotatable bonds is 7. The summed E-state index contributed by atoms with van der Waals surface area (Å²) in [6.45, 7) is 3.94. The molecule has 26 heavy (non-hydrogen) atoms. The van der Waals surface area contributed by atoms with Crippen molar-refractivity contribution in [3.8, 4) is 5.75 Å². The van der Waals surface area contributed by atoms with Crippen LogP contribution in [0, 0.1) is 3.57 Å². The van der Waals surface area contributed by atoms with Crippen LogP contribution in [0.2, 0.25) is 0 Å². The lowest BCUT2D eigenvalue weighted by molar-refractivity contribution is -0.116. The van der Waals surface area contributed by atoms with Crippen LogP contribution in [0.5, 0.6) is 5.75 Å². The zero-order valence-electron chi connectivity index (χ0n) is 14.8. The van der Waals surface area contributed by atoms with Crippen LogP contribution in [0.25, 0.3) is 0 Å². The van der Waals surface area contributed by atoms with Gasteiger partial charge in [0.1, 0.15) is 11.8 Å². The minimum Gasteiger partial charge on any atom is -0.494 e. The van der Waals surface area contributed by atoms with Crippen LogP contribution >= 0.6 is 22.6 Å². The van der Waals surface area contributed by atoms with Crippen LogP contribution in [-0.2, 0) is 14.8 Å². The molecule has 0 saturated carbocycles. The number of carbonyl (C=O) groups is 1. The van der Waals surface area contributed by atoms with Gasteiger partial charge in [-0.25, -0.2) is 8.42 Å². The first-order valence-electron chi connectivity index (χ1n) is 8.01. The molecule has 0 aliphatic heterocycles. The molecule has 6 nitrogen and oxygen atoms in total. The second kappa shape index (κ2) is 8.72. The molecule has 0 aliphatic rings. The predicted octanol–water partition coefficient (Wildman–Crippen LogP) is 3.48. The van der Waals surface area contributed by atoms with Crippen molar-refractivity contribution in [2.45, 2.75) is 19.9 Å². The monoisotopic (exact) mass is 488 g/mol. The molecule has 0 unspecified atom stereocenters. The summed E-state index contributed by atoms with van der Waals surface area (Å²) in [5.41, 5.74) is 1.02. The Hall–Kier alpha value is -1.81. The highest BCUT2D eigenvalue weighted by Crippen LogP contribution is 2.24. The van der Waals surface area contributed by atoms with Crippen molar-refractivity contribution in [2.24, 2.45) is 0 Å². The Morgan fingerprint density at radius 2 is 1.73 bits per heavy atom. The molecular weight excluding hydrogens is 467 g/mol. The number of hydrogen-bond acceptors (Lipinski definition) is 4. The van der Waals surface area contributed by atoms with Crippen LogP contribution < -0.4 is 14.4 Å². The largest absolute Gasteiger partial charge is 0.494 e. The minimum atomic E-state index is -3.66. The fourth-order valence-corrected chi connectivity index (χ4v) is 3.98. The molecule has 2 aromatic carbocycles. The lowest BCUT2D eigenvalue weighted by Crippen LogP contribution is -2.45. The third-order valence-corrected chi connectivity index (χ3v) is 5.56. The molecule has 0 radical (unpaired) electrons. The molecule has 0 saturated heterocycles. The topological polar surface area (TPSA) is 75.7 Å². The number of carbonyl (C=O) groups excluding carboxylic acids is 1. The summed E-state index contributed by atoms with van der Waals surface area (Å²) >= 11 is 2.17. The Balaban J connectivity index is 2.25. The molecule has 0 heterocycles. The van der Waals surface area contributed by atoms with Crippen LogP contribution in [0.15, 0.2) is 48.5 Å². The predicted molar refractivity (Wildman–Crippen MR) is 112 cm³/mol. The SMILES string of the molecule is CCOc1ccc(N([C@H](C)C(=O)Nc2ccc(I)cc2)S(C)(=O)=O)cc1. The number of nitrogens with one attached hydrogen (secondary N) is 1. The van der Waals surface area contributed by atoms with Crippen molar-refractivity contribution < 1.29 is 17.9 Å². The molecule has 0 spiro atoms. The standard InChI is InChI=1S/C18H21IN2O4S/c1-4-25-17-11-9-16(10-12-17)21(26(3,23)24)13(2)18(22)20-15-7-5-14(19)6-8-15/h5-13H,4H2,1-3H3,(H,20,22)/t13-/m1/s1. The number of halogens is 1. The normalized spacial score (nSPS) is 12.3. The van der Waals surface area contributed by atoms with E-state index in [1.807, 2.05) is 19.1 Å². The number of anilines is 2. The van der Waals surface area contributed by atoms with Gasteiger partial charge in [-0.3, -0.25) is 9.10 Å². The van der Waals surface area contributed by atoms with Crippen molar-refractivity contribution in [3.05, 3.63) is 52.1 Å². The number of sulfonamides is 1. The molecule has 140 valence electrons. The van der Waals surface area contributed by atoms with Crippen LogP contribution in [0.1, 0.15) is 13.8 Å². The number of nitrogens with zero attached hydrogens (tertiary/aromatic N) is 1. The van der Waals surface area contributed by atoms with E-state index in [-0.39, 0.29) is 0 Å². The lowest BCUT2D eigenvalue weighted by Gasteiger charge is -2.28. The summed E-state index contributed by atoms with van der Waals surface area (Å²) in [4.78, 5) is 12.6. The highest BCUT2D eigenvalue weighted by Gasteiger charge is 2.29. The van der Waals surface area contributed by atoms with Gasteiger partial charge in [-0.2, -0.15) is 0 Å². The van der Waals surface area contributed by atoms with E-state index in [2.05, 4.69) is 27.9 Å². The van der Waals surface area contributed by atoms with Crippen LogP contribution in [0.3, 0.4) is 0 Å². The zero-order valence-corrected chi connectivity index (χ0v) is 17.7. The Bertz CT molecular complexity index is 852. The molecule has 1 N–H and O–H groups in total. The molecule has 2 aromatic rings. The maximum atomic E-state index is 12.6. The summed E-state index contributed by atoms with van der Waals surface area (Å²) in [6.07, 6.45) is 1.08. The molecular formula is C18H21IN2O4S. The van der Waals surface area contributed by atoms with Gasteiger partial charge in [0, 0.05) is 9.26 Å². The number of benzene rings is 2. The third kappa shape index (κ3) is 5.34. The lowest BCUT2D eigenvalue weighted by atomic mass is 10.2. The van der Waals surface area contributed by atoms with Crippen LogP contribution in [-0.4, -0.2) is 33.2 Å². The maximum Gasteiger partial charge on any atom is 0.247 e. The molecule has 0 aromatic heterocycles. The number of ether oxygens (including phenoxy) is 1. The fourth-order valence-electron chi connectivity index (χ4n) is 2.44. The highest BCUT2D eigenvalue weighted by atomic mass is 127. The summed E-state index contributed by atoms with van der Waals surface area (Å²) in [5, 5.41) is 2.75. The van der Waals surface area contributed by atoms with E-state index in [0.717, 1.165) is 14.1 Å². The van der Waals surface area contributed by atoms with E-state index in [4.69, 9.17) is 4.74 Å². The van der Waals surface area contributed by atoms with Crippen molar-refractivity contribution in [2.75, 3.05) is 22.5 Å². The average Bonchev–Trinajstić information content (AvgIpc) is 2.57. The van der Waals surface area contributed by atoms with E-state index >= 15 is 0 Å². The van der Waals surface area contributed by atoms with Gasteiger partial charge in [-0.05, 0) is 85.0 Å². The third-order valence-electron chi connectivity index (χ3n) is 3.60. The molecule has 0 bridgehead atoms. The maximum absolute atomic E-state index is 12.6. The molecule has 0 fully saturated rings. The Morgan fingerprint density at radius 1 is 1.15 bits per heavy atom. The first kappa shape index (κ1) is 20.5. The Morgan fingerprint density at radius 3 is 2.23 bits per heavy atom. The molecule has 8 heteroatoms. The van der Waals surface area contributed by atoms with Crippen LogP contribution in [0.4, 0.5) is 11.4 Å². The highest BCUT2D eigenvalue weighted by molar-refractivity contribution is 14.1. The smallest absolute Gasteiger partial charge is 0.247 e. The average molecular weight is 488 g/mol. The van der Waals surface area contributed by atoms with Gasteiger partial charge in [0.05, 0.1) is 18.6 Å². The van der Waals surface area contributed by atoms with Gasteiger partial charge in [0.15, 0.2) is 0 Å². The van der Waals surface area contributed by atoms with Gasteiger partial charge in [-0.15, -0.1) is 0 Å². The van der Waals surface area contributed by atoms with Crippen molar-refractivity contribution in [1.82, 2.24) is 0 Å². The second-order valence-corrected chi connectivity index (χ2v) is 8.76. The second-order valence-electron chi connectivity index (χ2n) is 5.66. The summed E-state index contributed by atoms with van der Waals surface area (Å²) in [7, 11) is -3.66. The van der Waals surface area contributed by atoms with Crippen molar-refractivity contribution >= 4 is 49.9 Å². The first-order valence-corrected chi connectivity index (χ1v) is 10.9. The van der Waals surface area contributed by atoms with Gasteiger partial charge >= 0.3 is 0 Å². The molecule has 0 aliphatic carbocycles. The zero-order chi connectivity index (χ0) is 19.3. The van der Waals surface area contributed by atoms with E-state index < -0.39 is 22.0 Å². The minimum absolute atomic E-state index is 0.404. The number of amides is 1. The molecule has 1 atom stereocenters. The summed E-state index contributed by atoms with van der Waals surface area (Å²) in [6, 6.07) is 13.0. The van der Waals surface area contributed by atoms with Crippen molar-refractivity contribution in [1.29, 1.82) is 0 Å². The first-order chi connectivity index (χ1) is 12.2. The van der Waals surface area contributed by atoms with Gasteiger partial charge in [0.25, 0.3) is 0 Å². The summed E-state index contributed by atoms with van der Waals surface area (Å²) < 4.78 is 32.1. The van der Waals surface area contributed by atoms with E-state index in [1.54, 1.807) is 43.3 Å². The van der Waals surface area contributed by atoms with Gasteiger partial charge in [-0.1, -0.05) is 0 Å². The number of hydrogen-bond donors (Lipinski definition) is 1. The summed E-state index contributed by atoms with van der Waals surface area (Å²) in [5.74, 6) is 0.228. The van der Waals surface area contributed by atoms with Crippen molar-refractivity contribution in [3.63, 3.8) is 0 Å². The quantitative estimate of drug-likeness (QED) is 0.606. The van der Waals surface area contributed by atoms with Gasteiger partial charge < -0.3 is 10.1 Å². The fraction of sp³-hybridized carbons (Fsp3) is 0.278.